The van der Waals surface area contributed by atoms with Crippen molar-refractivity contribution in [2.75, 3.05) is 11.9 Å². The van der Waals surface area contributed by atoms with Gasteiger partial charge in [-0.05, 0) is 55.5 Å². The molecule has 0 unspecified atom stereocenters. The lowest BCUT2D eigenvalue weighted by Gasteiger charge is -2.20. The van der Waals surface area contributed by atoms with Gasteiger partial charge < -0.3 is 10.6 Å². The van der Waals surface area contributed by atoms with E-state index in [4.69, 9.17) is 0 Å². The van der Waals surface area contributed by atoms with Gasteiger partial charge >= 0.3 is 0 Å². The zero-order valence-corrected chi connectivity index (χ0v) is 12.3. The van der Waals surface area contributed by atoms with Gasteiger partial charge in [-0.3, -0.25) is 4.79 Å². The Bertz CT molecular complexity index is 415. The first kappa shape index (κ1) is 14.4. The van der Waals surface area contributed by atoms with Gasteiger partial charge in [-0.25, -0.2) is 4.39 Å². The van der Waals surface area contributed by atoms with Crippen LogP contribution < -0.4 is 10.6 Å². The van der Waals surface area contributed by atoms with E-state index in [0.29, 0.717) is 9.26 Å². The molecular formula is C12H16FIN2O. The fourth-order valence-corrected chi connectivity index (χ4v) is 1.63. The standard InChI is InChI=1S/C12H16FIN2O/c1-12(2,3)15-7-10(17)16-9-6-4-5-8(13)11(9)14/h4-6,15H,7H2,1-3H3,(H,16,17). The summed E-state index contributed by atoms with van der Waals surface area (Å²) in [5.41, 5.74) is 0.387. The van der Waals surface area contributed by atoms with E-state index in [2.05, 4.69) is 10.6 Å². The maximum absolute atomic E-state index is 13.2. The zero-order chi connectivity index (χ0) is 13.1. The molecule has 0 heterocycles. The molecule has 0 bridgehead atoms. The van der Waals surface area contributed by atoms with Crippen LogP contribution in [0.25, 0.3) is 0 Å². The molecule has 3 nitrogen and oxygen atoms in total. The van der Waals surface area contributed by atoms with Crippen LogP contribution in [0.3, 0.4) is 0 Å². The topological polar surface area (TPSA) is 41.1 Å². The number of benzene rings is 1. The second kappa shape index (κ2) is 5.77. The van der Waals surface area contributed by atoms with Crippen molar-refractivity contribution in [3.8, 4) is 0 Å². The van der Waals surface area contributed by atoms with E-state index in [-0.39, 0.29) is 23.8 Å². The summed E-state index contributed by atoms with van der Waals surface area (Å²) in [6.45, 7) is 6.14. The van der Waals surface area contributed by atoms with Crippen LogP contribution in [0.15, 0.2) is 18.2 Å². The van der Waals surface area contributed by atoms with Gasteiger partial charge in [0.05, 0.1) is 15.8 Å². The lowest BCUT2D eigenvalue weighted by molar-refractivity contribution is -0.115. The van der Waals surface area contributed by atoms with Crippen molar-refractivity contribution < 1.29 is 9.18 Å². The molecule has 2 N–H and O–H groups in total. The van der Waals surface area contributed by atoms with Crippen molar-refractivity contribution in [1.82, 2.24) is 5.32 Å². The minimum absolute atomic E-state index is 0.119. The number of carbonyl (C=O) groups excluding carboxylic acids is 1. The Balaban J connectivity index is 2.60. The van der Waals surface area contributed by atoms with Crippen LogP contribution >= 0.6 is 22.6 Å². The van der Waals surface area contributed by atoms with Crippen LogP contribution in [0.1, 0.15) is 20.8 Å². The summed E-state index contributed by atoms with van der Waals surface area (Å²) >= 11 is 1.87. The number of hydrogen-bond acceptors (Lipinski definition) is 2. The summed E-state index contributed by atoms with van der Waals surface area (Å²) in [7, 11) is 0. The molecule has 1 aromatic carbocycles. The van der Waals surface area contributed by atoms with Gasteiger partial charge in [-0.15, -0.1) is 0 Å². The first-order valence-corrected chi connectivity index (χ1v) is 6.36. The van der Waals surface area contributed by atoms with Crippen molar-refractivity contribution in [1.29, 1.82) is 0 Å². The highest BCUT2D eigenvalue weighted by Crippen LogP contribution is 2.20. The molecule has 0 aliphatic rings. The summed E-state index contributed by atoms with van der Waals surface area (Å²) in [5, 5.41) is 5.74. The van der Waals surface area contributed by atoms with E-state index in [1.807, 2.05) is 43.4 Å². The summed E-state index contributed by atoms with van der Waals surface area (Å²) in [5.74, 6) is -0.504. The van der Waals surface area contributed by atoms with Crippen LogP contribution in [-0.2, 0) is 4.79 Å². The van der Waals surface area contributed by atoms with Crippen molar-refractivity contribution in [2.45, 2.75) is 26.3 Å². The third-order valence-corrected chi connectivity index (χ3v) is 3.10. The lowest BCUT2D eigenvalue weighted by atomic mass is 10.1. The predicted octanol–water partition coefficient (Wildman–Crippen LogP) is 2.76. The molecule has 0 radical (unpaired) electrons. The molecule has 0 aromatic heterocycles. The summed E-state index contributed by atoms with van der Waals surface area (Å²) in [6.07, 6.45) is 0. The number of rotatable bonds is 3. The van der Waals surface area contributed by atoms with Crippen molar-refractivity contribution in [3.05, 3.63) is 27.6 Å². The largest absolute Gasteiger partial charge is 0.324 e. The van der Waals surface area contributed by atoms with E-state index in [0.717, 1.165) is 0 Å². The van der Waals surface area contributed by atoms with Crippen LogP contribution in [-0.4, -0.2) is 18.0 Å². The quantitative estimate of drug-likeness (QED) is 0.824. The highest BCUT2D eigenvalue weighted by atomic mass is 127. The Morgan fingerprint density at radius 3 is 2.65 bits per heavy atom. The molecule has 0 atom stereocenters. The molecule has 1 amide bonds. The predicted molar refractivity (Wildman–Crippen MR) is 75.5 cm³/mol. The van der Waals surface area contributed by atoms with E-state index < -0.39 is 0 Å². The number of hydrogen-bond donors (Lipinski definition) is 2. The number of halogens is 2. The molecular weight excluding hydrogens is 334 g/mol. The maximum Gasteiger partial charge on any atom is 0.238 e. The Morgan fingerprint density at radius 2 is 2.06 bits per heavy atom. The number of anilines is 1. The minimum Gasteiger partial charge on any atom is -0.324 e. The van der Waals surface area contributed by atoms with Gasteiger partial charge in [0.15, 0.2) is 0 Å². The first-order valence-electron chi connectivity index (χ1n) is 5.28. The SMILES string of the molecule is CC(C)(C)NCC(=O)Nc1cccc(F)c1I. The molecule has 0 saturated heterocycles. The normalized spacial score (nSPS) is 11.4. The number of amides is 1. The van der Waals surface area contributed by atoms with Gasteiger partial charge in [0.2, 0.25) is 5.91 Å². The molecule has 0 aliphatic heterocycles. The highest BCUT2D eigenvalue weighted by molar-refractivity contribution is 14.1. The number of carbonyl (C=O) groups is 1. The molecule has 17 heavy (non-hydrogen) atoms. The van der Waals surface area contributed by atoms with E-state index in [9.17, 15) is 9.18 Å². The molecule has 94 valence electrons. The fourth-order valence-electron chi connectivity index (χ4n) is 1.14. The lowest BCUT2D eigenvalue weighted by Crippen LogP contribution is -2.41. The molecule has 0 fully saturated rings. The molecule has 0 saturated carbocycles. The third kappa shape index (κ3) is 4.99. The second-order valence-corrected chi connectivity index (χ2v) is 5.83. The van der Waals surface area contributed by atoms with Crippen LogP contribution in [0.5, 0.6) is 0 Å². The Morgan fingerprint density at radius 1 is 1.41 bits per heavy atom. The third-order valence-electron chi connectivity index (χ3n) is 2.00. The molecule has 5 heteroatoms. The van der Waals surface area contributed by atoms with Crippen LogP contribution in [0, 0.1) is 9.39 Å². The minimum atomic E-state index is -0.327. The van der Waals surface area contributed by atoms with E-state index in [1.54, 1.807) is 12.1 Å². The summed E-state index contributed by atoms with van der Waals surface area (Å²) in [6, 6.07) is 4.62. The number of nitrogens with one attached hydrogen (secondary N) is 2. The second-order valence-electron chi connectivity index (χ2n) is 4.75. The first-order chi connectivity index (χ1) is 7.79. The monoisotopic (exact) mass is 350 g/mol. The zero-order valence-electron chi connectivity index (χ0n) is 10.1. The smallest absolute Gasteiger partial charge is 0.238 e. The van der Waals surface area contributed by atoms with Gasteiger partial charge in [-0.2, -0.15) is 0 Å². The highest BCUT2D eigenvalue weighted by Gasteiger charge is 2.12. The molecule has 0 aliphatic carbocycles. The van der Waals surface area contributed by atoms with Gasteiger partial charge in [0.1, 0.15) is 5.82 Å². The molecule has 1 aromatic rings. The van der Waals surface area contributed by atoms with Gasteiger partial charge in [0.25, 0.3) is 0 Å². The van der Waals surface area contributed by atoms with Gasteiger partial charge in [-0.1, -0.05) is 6.07 Å². The Hall–Kier alpha value is -0.690. The average molecular weight is 350 g/mol. The van der Waals surface area contributed by atoms with Crippen molar-refractivity contribution >= 4 is 34.2 Å². The van der Waals surface area contributed by atoms with Gasteiger partial charge in [0, 0.05) is 5.54 Å². The molecule has 0 spiro atoms. The van der Waals surface area contributed by atoms with E-state index in [1.165, 1.54) is 6.07 Å². The average Bonchev–Trinajstić information content (AvgIpc) is 2.21. The van der Waals surface area contributed by atoms with Crippen molar-refractivity contribution in [3.63, 3.8) is 0 Å². The Kier molecular flexibility index (Phi) is 4.88. The van der Waals surface area contributed by atoms with Crippen molar-refractivity contribution in [2.24, 2.45) is 0 Å². The fraction of sp³-hybridized carbons (Fsp3) is 0.417. The summed E-state index contributed by atoms with van der Waals surface area (Å²) in [4.78, 5) is 11.6. The molecule has 1 rings (SSSR count). The van der Waals surface area contributed by atoms with Crippen LogP contribution in [0.2, 0.25) is 0 Å². The Labute approximate surface area is 114 Å². The van der Waals surface area contributed by atoms with E-state index >= 15 is 0 Å². The summed E-state index contributed by atoms with van der Waals surface area (Å²) < 4.78 is 13.7. The van der Waals surface area contributed by atoms with Crippen LogP contribution in [0.4, 0.5) is 10.1 Å². The maximum atomic E-state index is 13.2.